The summed E-state index contributed by atoms with van der Waals surface area (Å²) in [5, 5.41) is 14.3. The first-order valence-corrected chi connectivity index (χ1v) is 15.4. The number of piperidine rings is 1. The topological polar surface area (TPSA) is 99.1 Å². The fourth-order valence-electron chi connectivity index (χ4n) is 5.93. The summed E-state index contributed by atoms with van der Waals surface area (Å²) in [5.41, 5.74) is 4.73. The second kappa shape index (κ2) is 11.9. The van der Waals surface area contributed by atoms with Gasteiger partial charge in [0.15, 0.2) is 0 Å². The molecule has 3 N–H and O–H groups in total. The van der Waals surface area contributed by atoms with Crippen LogP contribution in [0.25, 0.3) is 21.9 Å². The molecule has 0 atom stereocenters. The van der Waals surface area contributed by atoms with Crippen LogP contribution in [0.1, 0.15) is 30.0 Å². The van der Waals surface area contributed by atoms with Gasteiger partial charge in [0.25, 0.3) is 0 Å². The lowest BCUT2D eigenvalue weighted by atomic mass is 10.0. The van der Waals surface area contributed by atoms with Gasteiger partial charge in [-0.15, -0.1) is 0 Å². The van der Waals surface area contributed by atoms with Crippen LogP contribution in [-0.4, -0.2) is 37.7 Å². The van der Waals surface area contributed by atoms with E-state index in [0.717, 1.165) is 74.6 Å². The number of imidazole rings is 1. The predicted octanol–water partition coefficient (Wildman–Crippen LogP) is 6.37. The number of aliphatic hydroxyl groups excluding tert-OH is 1. The van der Waals surface area contributed by atoms with Crippen molar-refractivity contribution in [3.05, 3.63) is 119 Å². The van der Waals surface area contributed by atoms with Gasteiger partial charge in [-0.05, 0) is 60.4 Å². The monoisotopic (exact) mass is 588 g/mol. The van der Waals surface area contributed by atoms with Gasteiger partial charge in [0.2, 0.25) is 5.95 Å². The average Bonchev–Trinajstić information content (AvgIpc) is 3.40. The van der Waals surface area contributed by atoms with Gasteiger partial charge in [-0.3, -0.25) is 4.57 Å². The van der Waals surface area contributed by atoms with Gasteiger partial charge >= 0.3 is 5.69 Å². The fraction of sp³-hybridized carbons (Fsp3) is 0.206. The Morgan fingerprint density at radius 3 is 2.33 bits per heavy atom. The van der Waals surface area contributed by atoms with Crippen molar-refractivity contribution in [1.82, 2.24) is 19.5 Å². The van der Waals surface area contributed by atoms with Crippen LogP contribution in [-0.2, 0) is 13.2 Å². The molecule has 0 spiro atoms. The smallest absolute Gasteiger partial charge is 0.326 e. The molecule has 7 rings (SSSR count). The van der Waals surface area contributed by atoms with Crippen LogP contribution in [0.3, 0.4) is 0 Å². The molecule has 43 heavy (non-hydrogen) atoms. The standard InChI is InChI=1S/C34H32N6O2S/c41-22-24-10-2-8-16-31(24)43-30-15-7-1-9-23(30)21-35-33-36-27-12-4-3-11-26(27)32(38-33)39-19-17-25(18-20-39)40-29-14-6-5-13-28(29)37-34(40)42/h1-16,25,41H,17-22H2,(H,37,42)(H,35,36,38). The Morgan fingerprint density at radius 2 is 1.51 bits per heavy atom. The quantitative estimate of drug-likeness (QED) is 0.190. The summed E-state index contributed by atoms with van der Waals surface area (Å²) >= 11 is 1.65. The Labute approximate surface area is 253 Å². The van der Waals surface area contributed by atoms with E-state index < -0.39 is 0 Å². The van der Waals surface area contributed by atoms with Crippen molar-refractivity contribution >= 4 is 45.5 Å². The number of aromatic nitrogens is 4. The molecule has 1 aliphatic rings. The minimum absolute atomic E-state index is 0.00701. The summed E-state index contributed by atoms with van der Waals surface area (Å²) in [6.07, 6.45) is 1.70. The molecular weight excluding hydrogens is 556 g/mol. The number of nitrogens with zero attached hydrogens (tertiary/aromatic N) is 4. The molecule has 0 aliphatic carbocycles. The number of rotatable bonds is 8. The number of para-hydroxylation sites is 3. The summed E-state index contributed by atoms with van der Waals surface area (Å²) in [5.74, 6) is 1.50. The summed E-state index contributed by atoms with van der Waals surface area (Å²) in [6.45, 7) is 2.16. The van der Waals surface area contributed by atoms with Gasteiger partial charge in [0.05, 0.1) is 23.2 Å². The van der Waals surface area contributed by atoms with Crippen LogP contribution in [0.4, 0.5) is 11.8 Å². The highest BCUT2D eigenvalue weighted by molar-refractivity contribution is 7.99. The van der Waals surface area contributed by atoms with Crippen LogP contribution < -0.4 is 15.9 Å². The van der Waals surface area contributed by atoms with Gasteiger partial charge < -0.3 is 20.3 Å². The molecule has 0 radical (unpaired) electrons. The summed E-state index contributed by atoms with van der Waals surface area (Å²) in [6, 6.07) is 32.4. The van der Waals surface area contributed by atoms with Gasteiger partial charge in [-0.1, -0.05) is 72.4 Å². The Bertz CT molecular complexity index is 1960. The van der Waals surface area contributed by atoms with Crippen molar-refractivity contribution in [3.63, 3.8) is 0 Å². The third-order valence-electron chi connectivity index (χ3n) is 8.11. The molecule has 1 fully saturated rings. The molecule has 0 amide bonds. The number of fused-ring (bicyclic) bond motifs is 2. The lowest BCUT2D eigenvalue weighted by Gasteiger charge is -2.34. The maximum Gasteiger partial charge on any atom is 0.326 e. The molecule has 3 heterocycles. The molecular formula is C34H32N6O2S. The van der Waals surface area contributed by atoms with Gasteiger partial charge in [0.1, 0.15) is 5.82 Å². The Morgan fingerprint density at radius 1 is 0.837 bits per heavy atom. The fourth-order valence-corrected chi connectivity index (χ4v) is 6.99. The molecule has 6 aromatic rings. The van der Waals surface area contributed by atoms with E-state index in [-0.39, 0.29) is 18.3 Å². The van der Waals surface area contributed by atoms with Crippen molar-refractivity contribution in [2.24, 2.45) is 0 Å². The van der Waals surface area contributed by atoms with E-state index in [1.54, 1.807) is 11.8 Å². The molecule has 0 unspecified atom stereocenters. The molecule has 4 aromatic carbocycles. The van der Waals surface area contributed by atoms with Crippen LogP contribution in [0.5, 0.6) is 0 Å². The number of aromatic amines is 1. The Balaban J connectivity index is 1.12. The molecule has 1 aliphatic heterocycles. The number of aliphatic hydroxyl groups is 1. The number of hydrogen-bond donors (Lipinski definition) is 3. The molecule has 9 heteroatoms. The lowest BCUT2D eigenvalue weighted by molar-refractivity contribution is 0.279. The summed E-state index contributed by atoms with van der Waals surface area (Å²) < 4.78 is 1.92. The first-order chi connectivity index (χ1) is 21.2. The highest BCUT2D eigenvalue weighted by atomic mass is 32.2. The number of H-pyrrole nitrogens is 1. The van der Waals surface area contributed by atoms with Crippen molar-refractivity contribution in [3.8, 4) is 0 Å². The highest BCUT2D eigenvalue weighted by Crippen LogP contribution is 2.34. The minimum atomic E-state index is -0.0445. The van der Waals surface area contributed by atoms with E-state index in [9.17, 15) is 9.90 Å². The zero-order valence-electron chi connectivity index (χ0n) is 23.6. The summed E-state index contributed by atoms with van der Waals surface area (Å²) in [4.78, 5) is 30.2. The van der Waals surface area contributed by atoms with Crippen LogP contribution >= 0.6 is 11.8 Å². The Hall–Kier alpha value is -4.60. The maximum atomic E-state index is 12.8. The number of hydrogen-bond acceptors (Lipinski definition) is 7. The van der Waals surface area contributed by atoms with Crippen LogP contribution in [0, 0.1) is 0 Å². The first-order valence-electron chi connectivity index (χ1n) is 14.6. The second-order valence-electron chi connectivity index (χ2n) is 10.8. The number of anilines is 2. The predicted molar refractivity (Wildman–Crippen MR) is 173 cm³/mol. The molecule has 2 aromatic heterocycles. The Kier molecular flexibility index (Phi) is 7.57. The van der Waals surface area contributed by atoms with Crippen molar-refractivity contribution in [1.29, 1.82) is 0 Å². The number of benzene rings is 4. The van der Waals surface area contributed by atoms with Gasteiger partial charge in [-0.25, -0.2) is 9.78 Å². The first kappa shape index (κ1) is 27.2. The highest BCUT2D eigenvalue weighted by Gasteiger charge is 2.26. The largest absolute Gasteiger partial charge is 0.392 e. The van der Waals surface area contributed by atoms with Crippen LogP contribution in [0.2, 0.25) is 0 Å². The van der Waals surface area contributed by atoms with E-state index in [2.05, 4.69) is 33.4 Å². The third-order valence-corrected chi connectivity index (χ3v) is 9.35. The number of nitrogens with one attached hydrogen (secondary N) is 2. The van der Waals surface area contributed by atoms with Crippen molar-refractivity contribution < 1.29 is 5.11 Å². The average molecular weight is 589 g/mol. The van der Waals surface area contributed by atoms with Crippen molar-refractivity contribution in [2.45, 2.75) is 41.8 Å². The maximum absolute atomic E-state index is 12.8. The molecule has 1 saturated heterocycles. The van der Waals surface area contributed by atoms with E-state index in [1.807, 2.05) is 83.4 Å². The zero-order chi connectivity index (χ0) is 29.2. The van der Waals surface area contributed by atoms with E-state index in [0.29, 0.717) is 12.5 Å². The van der Waals surface area contributed by atoms with Crippen LogP contribution in [0.15, 0.2) is 112 Å². The lowest BCUT2D eigenvalue weighted by Crippen LogP contribution is -2.37. The summed E-state index contributed by atoms with van der Waals surface area (Å²) in [7, 11) is 0. The normalized spacial score (nSPS) is 14.0. The van der Waals surface area contributed by atoms with Gasteiger partial charge in [0, 0.05) is 40.9 Å². The third kappa shape index (κ3) is 5.49. The molecule has 0 bridgehead atoms. The van der Waals surface area contributed by atoms with Crippen molar-refractivity contribution in [2.75, 3.05) is 23.3 Å². The molecule has 216 valence electrons. The molecule has 8 nitrogen and oxygen atoms in total. The van der Waals surface area contributed by atoms with E-state index in [4.69, 9.17) is 9.97 Å². The minimum Gasteiger partial charge on any atom is -0.392 e. The second-order valence-corrected chi connectivity index (χ2v) is 11.8. The van der Waals surface area contributed by atoms with E-state index in [1.165, 1.54) is 0 Å². The molecule has 0 saturated carbocycles. The van der Waals surface area contributed by atoms with E-state index >= 15 is 0 Å². The SMILES string of the molecule is O=c1[nH]c2ccccc2n1C1CCN(c2nc(NCc3ccccc3Sc3ccccc3CO)nc3ccccc23)CC1. The zero-order valence-corrected chi connectivity index (χ0v) is 24.4. The van der Waals surface area contributed by atoms with Gasteiger partial charge in [-0.2, -0.15) is 4.98 Å².